The van der Waals surface area contributed by atoms with Crippen LogP contribution in [0.2, 0.25) is 0 Å². The number of nitro groups is 1. The number of carbonyl (C=O) groups excluding carboxylic acids is 1. The summed E-state index contributed by atoms with van der Waals surface area (Å²) in [4.78, 5) is 39.9. The van der Waals surface area contributed by atoms with Crippen molar-refractivity contribution in [2.24, 2.45) is 0 Å². The van der Waals surface area contributed by atoms with Crippen LogP contribution in [0.3, 0.4) is 0 Å². The Balaban J connectivity index is 1.95. The number of nitrogens with zero attached hydrogens (tertiary/aromatic N) is 3. The second-order valence-electron chi connectivity index (χ2n) is 4.88. The molecule has 0 aliphatic carbocycles. The molecular weight excluding hydrogens is 286 g/mol. The monoisotopic (exact) mass is 297 g/mol. The highest BCUT2D eigenvalue weighted by Gasteiger charge is 2.30. The molecule has 2 aromatic rings. The van der Waals surface area contributed by atoms with Crippen LogP contribution in [0.1, 0.15) is 21.5 Å². The van der Waals surface area contributed by atoms with Gasteiger partial charge in [-0.05, 0) is 17.7 Å². The van der Waals surface area contributed by atoms with Gasteiger partial charge in [-0.2, -0.15) is 0 Å². The molecule has 0 spiro atoms. The van der Waals surface area contributed by atoms with E-state index in [0.717, 1.165) is 5.56 Å². The quantitative estimate of drug-likeness (QED) is 0.618. The van der Waals surface area contributed by atoms with Crippen molar-refractivity contribution in [3.05, 3.63) is 79.8 Å². The Morgan fingerprint density at radius 1 is 1.18 bits per heavy atom. The molecule has 0 unspecified atom stereocenters. The van der Waals surface area contributed by atoms with E-state index >= 15 is 0 Å². The van der Waals surface area contributed by atoms with E-state index in [2.05, 4.69) is 4.98 Å². The highest BCUT2D eigenvalue weighted by molar-refractivity contribution is 5.94. The average Bonchev–Trinajstić information content (AvgIpc) is 2.82. The minimum absolute atomic E-state index is 0.00751. The number of rotatable bonds is 2. The van der Waals surface area contributed by atoms with Crippen molar-refractivity contribution in [3.8, 4) is 0 Å². The number of aromatic nitrogens is 1. The van der Waals surface area contributed by atoms with Gasteiger partial charge in [0, 0.05) is 18.8 Å². The molecule has 0 bridgehead atoms. The van der Waals surface area contributed by atoms with E-state index in [9.17, 15) is 19.7 Å². The second-order valence-corrected chi connectivity index (χ2v) is 4.88. The molecule has 1 aliphatic heterocycles. The number of amides is 1. The Bertz CT molecular complexity index is 835. The summed E-state index contributed by atoms with van der Waals surface area (Å²) >= 11 is 0. The molecule has 3 rings (SSSR count). The van der Waals surface area contributed by atoms with Gasteiger partial charge in [-0.1, -0.05) is 18.2 Å². The van der Waals surface area contributed by atoms with Crippen LogP contribution in [0, 0.1) is 10.1 Å². The molecule has 2 heterocycles. The third-order valence-electron chi connectivity index (χ3n) is 3.56. The van der Waals surface area contributed by atoms with Crippen LogP contribution in [0.25, 0.3) is 0 Å². The third kappa shape index (κ3) is 2.32. The van der Waals surface area contributed by atoms with Crippen molar-refractivity contribution in [1.29, 1.82) is 0 Å². The highest BCUT2D eigenvalue weighted by Crippen LogP contribution is 2.31. The summed E-state index contributed by atoms with van der Waals surface area (Å²) in [5, 5.41) is 11.0. The molecule has 1 amide bonds. The largest absolute Gasteiger partial charge is 0.330 e. The maximum atomic E-state index is 12.5. The zero-order chi connectivity index (χ0) is 15.7. The molecule has 1 aromatic carbocycles. The van der Waals surface area contributed by atoms with E-state index in [0.29, 0.717) is 5.56 Å². The van der Waals surface area contributed by atoms with Gasteiger partial charge in [0.15, 0.2) is 0 Å². The highest BCUT2D eigenvalue weighted by atomic mass is 16.6. The zero-order valence-electron chi connectivity index (χ0n) is 11.4. The van der Waals surface area contributed by atoms with E-state index in [-0.39, 0.29) is 24.3 Å². The number of fused-ring (bicyclic) bond motifs is 1. The summed E-state index contributed by atoms with van der Waals surface area (Å²) in [6.07, 6.45) is 1.32. The van der Waals surface area contributed by atoms with Gasteiger partial charge in [0.2, 0.25) is 0 Å². The van der Waals surface area contributed by atoms with E-state index in [1.54, 1.807) is 24.3 Å². The zero-order valence-corrected chi connectivity index (χ0v) is 11.4. The van der Waals surface area contributed by atoms with E-state index in [1.165, 1.54) is 23.2 Å². The summed E-state index contributed by atoms with van der Waals surface area (Å²) in [5.41, 5.74) is 0.581. The Morgan fingerprint density at radius 2 is 2.00 bits per heavy atom. The van der Waals surface area contributed by atoms with Gasteiger partial charge in [-0.15, -0.1) is 0 Å². The molecule has 110 valence electrons. The third-order valence-corrected chi connectivity index (χ3v) is 3.56. The fraction of sp³-hybridized carbons (Fsp3) is 0.133. The van der Waals surface area contributed by atoms with Crippen LogP contribution in [-0.4, -0.2) is 20.7 Å². The Kier molecular flexibility index (Phi) is 3.38. The normalized spacial score (nSPS) is 12.8. The Labute approximate surface area is 125 Å². The summed E-state index contributed by atoms with van der Waals surface area (Å²) in [7, 11) is 0. The van der Waals surface area contributed by atoms with Gasteiger partial charge in [0.25, 0.3) is 17.2 Å². The topological polar surface area (TPSA) is 93.4 Å². The summed E-state index contributed by atoms with van der Waals surface area (Å²) in [5.74, 6) is -0.473. The van der Waals surface area contributed by atoms with Crippen molar-refractivity contribution in [1.82, 2.24) is 9.88 Å². The standard InChI is InChI=1S/C15H11N3O4/c19-14-11(5-1-2-7-16-14)15(20)17-8-10-4-3-6-13(18(21)22)12(10)9-17/h1-7H,8-9H2. The van der Waals surface area contributed by atoms with Crippen molar-refractivity contribution < 1.29 is 9.72 Å². The van der Waals surface area contributed by atoms with Gasteiger partial charge in [0.1, 0.15) is 5.56 Å². The molecule has 7 nitrogen and oxygen atoms in total. The van der Waals surface area contributed by atoms with E-state index in [1.807, 2.05) is 0 Å². The smallest absolute Gasteiger partial charge is 0.282 e. The van der Waals surface area contributed by atoms with Crippen molar-refractivity contribution in [3.63, 3.8) is 0 Å². The first-order valence-electron chi connectivity index (χ1n) is 6.57. The predicted octanol–water partition coefficient (Wildman–Crippen LogP) is 1.51. The van der Waals surface area contributed by atoms with Gasteiger partial charge in [-0.25, -0.2) is 4.98 Å². The molecule has 0 radical (unpaired) electrons. The summed E-state index contributed by atoms with van der Waals surface area (Å²) < 4.78 is 0. The molecule has 0 saturated carbocycles. The Hall–Kier alpha value is -3.09. The van der Waals surface area contributed by atoms with Crippen molar-refractivity contribution >= 4 is 11.6 Å². The molecule has 1 aromatic heterocycles. The molecule has 7 heteroatoms. The average molecular weight is 297 g/mol. The summed E-state index contributed by atoms with van der Waals surface area (Å²) in [6, 6.07) is 9.28. The fourth-order valence-electron chi connectivity index (χ4n) is 2.50. The number of hydrogen-bond acceptors (Lipinski definition) is 5. The number of hydrogen-bond donors (Lipinski definition) is 0. The lowest BCUT2D eigenvalue weighted by atomic mass is 10.1. The first kappa shape index (κ1) is 13.9. The molecule has 0 fully saturated rings. The fourth-order valence-corrected chi connectivity index (χ4v) is 2.50. The lowest BCUT2D eigenvalue weighted by Crippen LogP contribution is -2.29. The SMILES string of the molecule is O=C(c1ccccnc1=O)N1Cc2cccc([N+](=O)[O-])c2C1. The first-order valence-corrected chi connectivity index (χ1v) is 6.57. The molecular formula is C15H11N3O4. The van der Waals surface area contributed by atoms with Crippen LogP contribution in [0.15, 0.2) is 47.4 Å². The van der Waals surface area contributed by atoms with Crippen molar-refractivity contribution in [2.45, 2.75) is 13.1 Å². The predicted molar refractivity (Wildman–Crippen MR) is 77.2 cm³/mol. The molecule has 0 N–H and O–H groups in total. The maximum absolute atomic E-state index is 12.5. The van der Waals surface area contributed by atoms with E-state index < -0.39 is 16.4 Å². The van der Waals surface area contributed by atoms with E-state index in [4.69, 9.17) is 0 Å². The minimum Gasteiger partial charge on any atom is -0.330 e. The van der Waals surface area contributed by atoms with Crippen LogP contribution in [0.4, 0.5) is 5.69 Å². The first-order chi connectivity index (χ1) is 10.6. The van der Waals surface area contributed by atoms with Crippen LogP contribution >= 0.6 is 0 Å². The summed E-state index contributed by atoms with van der Waals surface area (Å²) in [6.45, 7) is 0.358. The van der Waals surface area contributed by atoms with Gasteiger partial charge < -0.3 is 4.90 Å². The van der Waals surface area contributed by atoms with Gasteiger partial charge in [-0.3, -0.25) is 19.7 Å². The number of carbonyl (C=O) groups is 1. The maximum Gasteiger partial charge on any atom is 0.282 e. The van der Waals surface area contributed by atoms with Crippen LogP contribution in [-0.2, 0) is 13.1 Å². The number of nitro benzene ring substituents is 1. The molecule has 1 aliphatic rings. The Morgan fingerprint density at radius 3 is 2.77 bits per heavy atom. The van der Waals surface area contributed by atoms with Crippen LogP contribution in [0.5, 0.6) is 0 Å². The van der Waals surface area contributed by atoms with Crippen molar-refractivity contribution in [2.75, 3.05) is 0 Å². The van der Waals surface area contributed by atoms with Crippen LogP contribution < -0.4 is 5.56 Å². The lowest BCUT2D eigenvalue weighted by molar-refractivity contribution is -0.385. The lowest BCUT2D eigenvalue weighted by Gasteiger charge is -2.13. The molecule has 0 saturated heterocycles. The second kappa shape index (κ2) is 5.36. The van der Waals surface area contributed by atoms with Gasteiger partial charge in [0.05, 0.1) is 17.0 Å². The minimum atomic E-state index is -0.611. The van der Waals surface area contributed by atoms with Gasteiger partial charge >= 0.3 is 0 Å². The molecule has 0 atom stereocenters. The molecule has 22 heavy (non-hydrogen) atoms. The number of benzene rings is 1.